The number of carbonyl (C=O) groups is 2. The third-order valence-electron chi connectivity index (χ3n) is 2.72. The Hall–Kier alpha value is -1.14. The Labute approximate surface area is 94.0 Å². The van der Waals surface area contributed by atoms with Crippen molar-refractivity contribution in [1.82, 2.24) is 10.6 Å². The van der Waals surface area contributed by atoms with E-state index in [0.29, 0.717) is 6.04 Å². The Morgan fingerprint density at radius 1 is 1.31 bits per heavy atom. The average molecular weight is 230 g/mol. The summed E-state index contributed by atoms with van der Waals surface area (Å²) in [6.07, 6.45) is 4.48. The molecule has 0 aromatic carbocycles. The van der Waals surface area contributed by atoms with Gasteiger partial charge in [-0.15, -0.1) is 0 Å². The summed E-state index contributed by atoms with van der Waals surface area (Å²) in [6, 6.07) is -0.846. The third-order valence-corrected chi connectivity index (χ3v) is 2.72. The lowest BCUT2D eigenvalue weighted by molar-refractivity contribution is -0.142. The highest BCUT2D eigenvalue weighted by Crippen LogP contribution is 2.17. The number of hydrogen-bond donors (Lipinski definition) is 4. The van der Waals surface area contributed by atoms with Gasteiger partial charge in [-0.25, -0.2) is 4.79 Å². The average Bonchev–Trinajstić information content (AvgIpc) is 2.75. The standard InChI is InChI=1S/C10H18N2O4/c13-6-8(10(15)16)12-9(14)5-11-7-3-1-2-4-7/h7-8,11,13H,1-6H2,(H,12,14)(H,15,16)/t8-/m0/s1. The molecule has 0 aromatic rings. The van der Waals surface area contributed by atoms with E-state index in [9.17, 15) is 9.59 Å². The Balaban J connectivity index is 2.21. The molecule has 0 spiro atoms. The molecule has 16 heavy (non-hydrogen) atoms. The lowest BCUT2D eigenvalue weighted by atomic mass is 10.2. The van der Waals surface area contributed by atoms with Crippen molar-refractivity contribution in [2.24, 2.45) is 0 Å². The molecule has 1 fully saturated rings. The highest BCUT2D eigenvalue weighted by Gasteiger charge is 2.20. The Bertz CT molecular complexity index is 251. The molecule has 0 radical (unpaired) electrons. The van der Waals surface area contributed by atoms with Crippen molar-refractivity contribution in [2.75, 3.05) is 13.2 Å². The van der Waals surface area contributed by atoms with Crippen molar-refractivity contribution in [2.45, 2.75) is 37.8 Å². The minimum absolute atomic E-state index is 0.106. The summed E-state index contributed by atoms with van der Waals surface area (Å²) < 4.78 is 0. The van der Waals surface area contributed by atoms with Crippen LogP contribution in [0.1, 0.15) is 25.7 Å². The molecular weight excluding hydrogens is 212 g/mol. The van der Waals surface area contributed by atoms with E-state index < -0.39 is 24.5 Å². The first-order valence-electron chi connectivity index (χ1n) is 5.50. The molecule has 6 heteroatoms. The molecule has 0 aromatic heterocycles. The molecule has 0 aliphatic heterocycles. The topological polar surface area (TPSA) is 98.7 Å². The molecule has 1 atom stereocenters. The van der Waals surface area contributed by atoms with Crippen LogP contribution in [0.25, 0.3) is 0 Å². The van der Waals surface area contributed by atoms with Crippen LogP contribution in [-0.4, -0.2) is 47.3 Å². The Morgan fingerprint density at radius 2 is 1.94 bits per heavy atom. The number of carboxylic acid groups (broad SMARTS) is 1. The monoisotopic (exact) mass is 230 g/mol. The van der Waals surface area contributed by atoms with Crippen molar-refractivity contribution < 1.29 is 19.8 Å². The van der Waals surface area contributed by atoms with Gasteiger partial charge in [-0.1, -0.05) is 12.8 Å². The largest absolute Gasteiger partial charge is 0.480 e. The van der Waals surface area contributed by atoms with Crippen LogP contribution in [0, 0.1) is 0 Å². The Kier molecular flexibility index (Phi) is 5.21. The number of nitrogens with one attached hydrogen (secondary N) is 2. The van der Waals surface area contributed by atoms with E-state index in [2.05, 4.69) is 10.6 Å². The summed E-state index contributed by atoms with van der Waals surface area (Å²) in [5.74, 6) is -1.62. The van der Waals surface area contributed by atoms with Crippen LogP contribution in [0.2, 0.25) is 0 Å². The number of aliphatic hydroxyl groups is 1. The van der Waals surface area contributed by atoms with Gasteiger partial charge in [-0.2, -0.15) is 0 Å². The van der Waals surface area contributed by atoms with Gasteiger partial charge in [0.2, 0.25) is 5.91 Å². The Morgan fingerprint density at radius 3 is 2.44 bits per heavy atom. The van der Waals surface area contributed by atoms with Crippen molar-refractivity contribution >= 4 is 11.9 Å². The first-order valence-corrected chi connectivity index (χ1v) is 5.50. The predicted octanol–water partition coefficient (Wildman–Crippen LogP) is -0.920. The van der Waals surface area contributed by atoms with Gasteiger partial charge < -0.3 is 20.8 Å². The van der Waals surface area contributed by atoms with Crippen LogP contribution in [0.15, 0.2) is 0 Å². The second-order valence-electron chi connectivity index (χ2n) is 4.00. The van der Waals surface area contributed by atoms with Crippen LogP contribution in [-0.2, 0) is 9.59 Å². The molecule has 1 aliphatic carbocycles. The summed E-state index contributed by atoms with van der Waals surface area (Å²) in [6.45, 7) is -0.487. The minimum atomic E-state index is -1.23. The zero-order chi connectivity index (χ0) is 12.0. The second-order valence-corrected chi connectivity index (χ2v) is 4.00. The minimum Gasteiger partial charge on any atom is -0.480 e. The maximum atomic E-state index is 11.3. The quantitative estimate of drug-likeness (QED) is 0.473. The van der Waals surface area contributed by atoms with Gasteiger partial charge in [0, 0.05) is 6.04 Å². The summed E-state index contributed by atoms with van der Waals surface area (Å²) in [5, 5.41) is 22.6. The molecule has 1 amide bonds. The van der Waals surface area contributed by atoms with E-state index in [1.165, 1.54) is 12.8 Å². The molecular formula is C10H18N2O4. The first kappa shape index (κ1) is 12.9. The lowest BCUT2D eigenvalue weighted by Crippen LogP contribution is -2.47. The van der Waals surface area contributed by atoms with Gasteiger partial charge in [0.1, 0.15) is 6.04 Å². The van der Waals surface area contributed by atoms with Crippen LogP contribution in [0.5, 0.6) is 0 Å². The number of rotatable bonds is 6. The highest BCUT2D eigenvalue weighted by molar-refractivity contribution is 5.84. The van der Waals surface area contributed by atoms with E-state index >= 15 is 0 Å². The van der Waals surface area contributed by atoms with Gasteiger partial charge in [0.25, 0.3) is 0 Å². The fraction of sp³-hybridized carbons (Fsp3) is 0.800. The molecule has 0 bridgehead atoms. The van der Waals surface area contributed by atoms with Gasteiger partial charge >= 0.3 is 5.97 Å². The molecule has 4 N–H and O–H groups in total. The van der Waals surface area contributed by atoms with Crippen molar-refractivity contribution in [3.05, 3.63) is 0 Å². The molecule has 1 rings (SSSR count). The molecule has 0 saturated heterocycles. The maximum absolute atomic E-state index is 11.3. The van der Waals surface area contributed by atoms with Crippen LogP contribution >= 0.6 is 0 Å². The summed E-state index contributed by atoms with van der Waals surface area (Å²) in [5.41, 5.74) is 0. The number of aliphatic hydroxyl groups excluding tert-OH is 1. The maximum Gasteiger partial charge on any atom is 0.328 e. The summed E-state index contributed by atoms with van der Waals surface area (Å²) >= 11 is 0. The third kappa shape index (κ3) is 4.16. The van der Waals surface area contributed by atoms with Gasteiger partial charge in [-0.05, 0) is 12.8 Å². The lowest BCUT2D eigenvalue weighted by Gasteiger charge is -2.14. The SMILES string of the molecule is O=C(CNC1CCCC1)N[C@@H](CO)C(=O)O. The van der Waals surface area contributed by atoms with E-state index in [1.807, 2.05) is 0 Å². The summed E-state index contributed by atoms with van der Waals surface area (Å²) in [4.78, 5) is 21.9. The van der Waals surface area contributed by atoms with Crippen molar-refractivity contribution in [1.29, 1.82) is 0 Å². The zero-order valence-corrected chi connectivity index (χ0v) is 9.11. The number of carbonyl (C=O) groups excluding carboxylic acids is 1. The van der Waals surface area contributed by atoms with Gasteiger partial charge in [0.05, 0.1) is 13.2 Å². The highest BCUT2D eigenvalue weighted by atomic mass is 16.4. The second kappa shape index (κ2) is 6.44. The van der Waals surface area contributed by atoms with Crippen LogP contribution in [0.4, 0.5) is 0 Å². The molecule has 1 aliphatic rings. The van der Waals surface area contributed by atoms with E-state index in [1.54, 1.807) is 0 Å². The molecule has 6 nitrogen and oxygen atoms in total. The number of hydrogen-bond acceptors (Lipinski definition) is 4. The van der Waals surface area contributed by atoms with Crippen molar-refractivity contribution in [3.8, 4) is 0 Å². The van der Waals surface area contributed by atoms with E-state index in [-0.39, 0.29) is 6.54 Å². The zero-order valence-electron chi connectivity index (χ0n) is 9.11. The van der Waals surface area contributed by atoms with Gasteiger partial charge in [-0.3, -0.25) is 4.79 Å². The molecule has 1 saturated carbocycles. The molecule has 0 heterocycles. The van der Waals surface area contributed by atoms with Crippen molar-refractivity contribution in [3.63, 3.8) is 0 Å². The number of carboxylic acids is 1. The fourth-order valence-corrected chi connectivity index (χ4v) is 1.80. The molecule has 92 valence electrons. The normalized spacial score (nSPS) is 18.3. The number of amides is 1. The fourth-order valence-electron chi connectivity index (χ4n) is 1.80. The smallest absolute Gasteiger partial charge is 0.328 e. The van der Waals surface area contributed by atoms with Crippen LogP contribution < -0.4 is 10.6 Å². The van der Waals surface area contributed by atoms with E-state index in [4.69, 9.17) is 10.2 Å². The van der Waals surface area contributed by atoms with Gasteiger partial charge in [0.15, 0.2) is 0 Å². The van der Waals surface area contributed by atoms with E-state index in [0.717, 1.165) is 12.8 Å². The summed E-state index contributed by atoms with van der Waals surface area (Å²) in [7, 11) is 0. The first-order chi connectivity index (χ1) is 7.63. The van der Waals surface area contributed by atoms with Crippen LogP contribution in [0.3, 0.4) is 0 Å². The number of aliphatic carboxylic acids is 1. The molecule has 0 unspecified atom stereocenters. The predicted molar refractivity (Wildman–Crippen MR) is 56.9 cm³/mol.